The fourth-order valence-electron chi connectivity index (χ4n) is 3.14. The highest BCUT2D eigenvalue weighted by molar-refractivity contribution is 9.10. The second-order valence-electron chi connectivity index (χ2n) is 6.64. The molecule has 0 amide bonds. The van der Waals surface area contributed by atoms with Crippen LogP contribution in [0.2, 0.25) is 5.02 Å². The summed E-state index contributed by atoms with van der Waals surface area (Å²) in [5, 5.41) is 4.47. The van der Waals surface area contributed by atoms with E-state index in [1.54, 1.807) is 0 Å². The standard InChI is InChI=1S/C16H23BrClN/c1-16(2,3)12-6-4-5-7-15(12)19-11-8-9-13(17)14(18)10-11/h8-10,12,15,19H,4-7H2,1-3H3. The first-order valence-electron chi connectivity index (χ1n) is 7.09. The predicted molar refractivity (Wildman–Crippen MR) is 88.0 cm³/mol. The summed E-state index contributed by atoms with van der Waals surface area (Å²) in [5.74, 6) is 0.726. The fourth-order valence-corrected chi connectivity index (χ4v) is 3.57. The zero-order valence-electron chi connectivity index (χ0n) is 12.0. The largest absolute Gasteiger partial charge is 0.382 e. The summed E-state index contributed by atoms with van der Waals surface area (Å²) >= 11 is 9.61. The van der Waals surface area contributed by atoms with Gasteiger partial charge in [0.1, 0.15) is 0 Å². The molecule has 1 aromatic rings. The first kappa shape index (κ1) is 15.2. The van der Waals surface area contributed by atoms with Gasteiger partial charge < -0.3 is 5.32 Å². The van der Waals surface area contributed by atoms with Crippen molar-refractivity contribution < 1.29 is 0 Å². The Bertz CT molecular complexity index is 439. The van der Waals surface area contributed by atoms with E-state index in [0.717, 1.165) is 21.1 Å². The smallest absolute Gasteiger partial charge is 0.0568 e. The lowest BCUT2D eigenvalue weighted by Crippen LogP contribution is -2.39. The molecule has 0 radical (unpaired) electrons. The van der Waals surface area contributed by atoms with E-state index >= 15 is 0 Å². The zero-order valence-corrected chi connectivity index (χ0v) is 14.3. The highest BCUT2D eigenvalue weighted by atomic mass is 79.9. The number of hydrogen-bond donors (Lipinski definition) is 1. The summed E-state index contributed by atoms with van der Waals surface area (Å²) in [7, 11) is 0. The molecule has 0 aromatic heterocycles. The van der Waals surface area contributed by atoms with Gasteiger partial charge in [-0.1, -0.05) is 45.2 Å². The molecule has 2 rings (SSSR count). The number of halogens is 2. The molecule has 106 valence electrons. The van der Waals surface area contributed by atoms with E-state index < -0.39 is 0 Å². The van der Waals surface area contributed by atoms with Crippen LogP contribution >= 0.6 is 27.5 Å². The molecular weight excluding hydrogens is 322 g/mol. The molecule has 1 aliphatic rings. The monoisotopic (exact) mass is 343 g/mol. The highest BCUT2D eigenvalue weighted by Crippen LogP contribution is 2.39. The minimum atomic E-state index is 0.358. The highest BCUT2D eigenvalue weighted by Gasteiger charge is 2.33. The molecule has 3 heteroatoms. The molecule has 19 heavy (non-hydrogen) atoms. The molecule has 2 unspecified atom stereocenters. The minimum Gasteiger partial charge on any atom is -0.382 e. The molecule has 0 spiro atoms. The van der Waals surface area contributed by atoms with Crippen LogP contribution in [-0.4, -0.2) is 6.04 Å². The maximum absolute atomic E-state index is 6.17. The molecule has 1 aliphatic carbocycles. The Balaban J connectivity index is 2.13. The Morgan fingerprint density at radius 1 is 1.21 bits per heavy atom. The van der Waals surface area contributed by atoms with Crippen molar-refractivity contribution in [2.45, 2.75) is 52.5 Å². The van der Waals surface area contributed by atoms with Gasteiger partial charge in [0.25, 0.3) is 0 Å². The molecule has 1 fully saturated rings. The summed E-state index contributed by atoms with van der Waals surface area (Å²) in [5.41, 5.74) is 1.49. The van der Waals surface area contributed by atoms with Crippen molar-refractivity contribution in [2.24, 2.45) is 11.3 Å². The van der Waals surface area contributed by atoms with Crippen molar-refractivity contribution in [1.82, 2.24) is 0 Å². The van der Waals surface area contributed by atoms with Crippen molar-refractivity contribution in [1.29, 1.82) is 0 Å². The van der Waals surface area contributed by atoms with E-state index in [4.69, 9.17) is 11.6 Å². The lowest BCUT2D eigenvalue weighted by molar-refractivity contribution is 0.163. The van der Waals surface area contributed by atoms with E-state index in [-0.39, 0.29) is 0 Å². The van der Waals surface area contributed by atoms with Gasteiger partial charge in [0.15, 0.2) is 0 Å². The molecule has 1 nitrogen and oxygen atoms in total. The van der Waals surface area contributed by atoms with Gasteiger partial charge in [0, 0.05) is 16.2 Å². The lowest BCUT2D eigenvalue weighted by Gasteiger charge is -2.41. The van der Waals surface area contributed by atoms with Crippen molar-refractivity contribution >= 4 is 33.2 Å². The van der Waals surface area contributed by atoms with Gasteiger partial charge in [-0.05, 0) is 58.3 Å². The topological polar surface area (TPSA) is 12.0 Å². The van der Waals surface area contributed by atoms with E-state index in [2.05, 4.69) is 48.1 Å². The zero-order chi connectivity index (χ0) is 14.0. The van der Waals surface area contributed by atoms with Gasteiger partial charge in [-0.2, -0.15) is 0 Å². The minimum absolute atomic E-state index is 0.358. The molecule has 0 aliphatic heterocycles. The molecular formula is C16H23BrClN. The molecule has 1 saturated carbocycles. The van der Waals surface area contributed by atoms with E-state index in [1.165, 1.54) is 25.7 Å². The van der Waals surface area contributed by atoms with Crippen LogP contribution in [0.4, 0.5) is 5.69 Å². The van der Waals surface area contributed by atoms with Crippen molar-refractivity contribution in [3.63, 3.8) is 0 Å². The van der Waals surface area contributed by atoms with Gasteiger partial charge >= 0.3 is 0 Å². The summed E-state index contributed by atoms with van der Waals surface area (Å²) < 4.78 is 0.954. The number of rotatable bonds is 2. The summed E-state index contributed by atoms with van der Waals surface area (Å²) in [4.78, 5) is 0. The second-order valence-corrected chi connectivity index (χ2v) is 7.90. The Hall–Kier alpha value is -0.210. The Morgan fingerprint density at radius 3 is 2.53 bits per heavy atom. The fraction of sp³-hybridized carbons (Fsp3) is 0.625. The maximum atomic E-state index is 6.17. The van der Waals surface area contributed by atoms with Crippen molar-refractivity contribution in [3.05, 3.63) is 27.7 Å². The van der Waals surface area contributed by atoms with Crippen LogP contribution in [-0.2, 0) is 0 Å². The summed E-state index contributed by atoms with van der Waals surface area (Å²) in [6.45, 7) is 7.06. The number of benzene rings is 1. The Labute approximate surface area is 130 Å². The second kappa shape index (κ2) is 6.05. The molecule has 0 bridgehead atoms. The van der Waals surface area contributed by atoms with Gasteiger partial charge in [-0.15, -0.1) is 0 Å². The van der Waals surface area contributed by atoms with Crippen LogP contribution < -0.4 is 5.32 Å². The van der Waals surface area contributed by atoms with Crippen LogP contribution in [0.15, 0.2) is 22.7 Å². The summed E-state index contributed by atoms with van der Waals surface area (Å²) in [6, 6.07) is 6.69. The lowest BCUT2D eigenvalue weighted by atomic mass is 9.69. The van der Waals surface area contributed by atoms with Crippen molar-refractivity contribution in [3.8, 4) is 0 Å². The third-order valence-corrected chi connectivity index (χ3v) is 5.38. The molecule has 0 heterocycles. The van der Waals surface area contributed by atoms with Crippen LogP contribution in [0.25, 0.3) is 0 Å². The molecule has 2 atom stereocenters. The van der Waals surface area contributed by atoms with Crippen LogP contribution in [0.3, 0.4) is 0 Å². The molecule has 1 N–H and O–H groups in total. The van der Waals surface area contributed by atoms with Gasteiger partial charge in [-0.25, -0.2) is 0 Å². The first-order chi connectivity index (χ1) is 8.88. The first-order valence-corrected chi connectivity index (χ1v) is 8.26. The third kappa shape index (κ3) is 3.88. The van der Waals surface area contributed by atoms with Crippen LogP contribution in [0.5, 0.6) is 0 Å². The predicted octanol–water partition coefficient (Wildman–Crippen LogP) is 6.12. The normalized spacial score (nSPS) is 24.3. The average molecular weight is 345 g/mol. The van der Waals surface area contributed by atoms with E-state index in [0.29, 0.717) is 11.5 Å². The molecule has 1 aromatic carbocycles. The van der Waals surface area contributed by atoms with Gasteiger partial charge in [0.05, 0.1) is 5.02 Å². The van der Waals surface area contributed by atoms with Crippen LogP contribution in [0, 0.1) is 11.3 Å². The summed E-state index contributed by atoms with van der Waals surface area (Å²) in [6.07, 6.45) is 5.27. The van der Waals surface area contributed by atoms with E-state index in [1.807, 2.05) is 12.1 Å². The third-order valence-electron chi connectivity index (χ3n) is 4.15. The van der Waals surface area contributed by atoms with Crippen molar-refractivity contribution in [2.75, 3.05) is 5.32 Å². The SMILES string of the molecule is CC(C)(C)C1CCCCC1Nc1ccc(Br)c(Cl)c1. The van der Waals surface area contributed by atoms with Gasteiger partial charge in [-0.3, -0.25) is 0 Å². The van der Waals surface area contributed by atoms with E-state index in [9.17, 15) is 0 Å². The number of anilines is 1. The number of hydrogen-bond acceptors (Lipinski definition) is 1. The average Bonchev–Trinajstić information content (AvgIpc) is 2.33. The number of nitrogens with one attached hydrogen (secondary N) is 1. The van der Waals surface area contributed by atoms with Gasteiger partial charge in [0.2, 0.25) is 0 Å². The van der Waals surface area contributed by atoms with Crippen LogP contribution in [0.1, 0.15) is 46.5 Å². The maximum Gasteiger partial charge on any atom is 0.0568 e. The Kier molecular flexibility index (Phi) is 4.84. The molecule has 0 saturated heterocycles. The quantitative estimate of drug-likeness (QED) is 0.681. The Morgan fingerprint density at radius 2 is 1.89 bits per heavy atom.